The maximum Gasteiger partial charge on any atom is 0.194 e. The van der Waals surface area contributed by atoms with Crippen molar-refractivity contribution >= 4 is 11.6 Å². The van der Waals surface area contributed by atoms with Gasteiger partial charge in [-0.25, -0.2) is 0 Å². The van der Waals surface area contributed by atoms with Crippen LogP contribution in [0, 0.1) is 0 Å². The Balaban J connectivity index is 0.00000122. The van der Waals surface area contributed by atoms with Crippen LogP contribution in [0.25, 0.3) is 0 Å². The molecule has 0 atom stereocenters. The van der Waals surface area contributed by atoms with Crippen molar-refractivity contribution in [1.29, 1.82) is 0 Å². The number of carbonyl (C=O) groups excluding carboxylic acids is 2. The molecule has 21 heavy (non-hydrogen) atoms. The van der Waals surface area contributed by atoms with Crippen LogP contribution in [-0.2, 0) is 9.59 Å². The molecular weight excluding hydrogens is 260 g/mol. The first-order valence-electron chi connectivity index (χ1n) is 7.49. The zero-order valence-electron chi connectivity index (χ0n) is 13.8. The third kappa shape index (κ3) is 4.52. The lowest BCUT2D eigenvalue weighted by atomic mass is 9.81. The van der Waals surface area contributed by atoms with Gasteiger partial charge in [0.05, 0.1) is 0 Å². The SMILES string of the molecule is C=CC1=C(/C=C\C)C(=O)C(=C/C)/C(=C\CC)C1=O.CCC. The van der Waals surface area contributed by atoms with Crippen LogP contribution in [0.5, 0.6) is 0 Å². The van der Waals surface area contributed by atoms with Crippen molar-refractivity contribution in [3.05, 3.63) is 59.3 Å². The lowest BCUT2D eigenvalue weighted by Crippen LogP contribution is -2.23. The summed E-state index contributed by atoms with van der Waals surface area (Å²) in [5, 5.41) is 0. The van der Waals surface area contributed by atoms with Crippen LogP contribution < -0.4 is 0 Å². The van der Waals surface area contributed by atoms with E-state index >= 15 is 0 Å². The van der Waals surface area contributed by atoms with Crippen molar-refractivity contribution < 1.29 is 9.59 Å². The highest BCUT2D eigenvalue weighted by molar-refractivity contribution is 6.31. The molecule has 0 radical (unpaired) electrons. The number of hydrogen-bond donors (Lipinski definition) is 0. The molecule has 0 aliphatic heterocycles. The molecule has 0 unspecified atom stereocenters. The van der Waals surface area contributed by atoms with Crippen LogP contribution in [0.4, 0.5) is 0 Å². The average Bonchev–Trinajstić information content (AvgIpc) is 2.46. The molecule has 0 aromatic rings. The van der Waals surface area contributed by atoms with Crippen LogP contribution in [0.2, 0.25) is 0 Å². The second kappa shape index (κ2) is 9.87. The third-order valence-corrected chi connectivity index (χ3v) is 2.79. The van der Waals surface area contributed by atoms with Gasteiger partial charge in [-0.2, -0.15) is 0 Å². The molecule has 0 saturated carbocycles. The lowest BCUT2D eigenvalue weighted by Gasteiger charge is -2.19. The summed E-state index contributed by atoms with van der Waals surface area (Å²) in [6, 6.07) is 0. The number of carbonyl (C=O) groups is 2. The van der Waals surface area contributed by atoms with Gasteiger partial charge in [0, 0.05) is 22.3 Å². The van der Waals surface area contributed by atoms with E-state index in [4.69, 9.17) is 0 Å². The van der Waals surface area contributed by atoms with Crippen LogP contribution in [0.1, 0.15) is 47.5 Å². The Morgan fingerprint density at radius 3 is 1.86 bits per heavy atom. The van der Waals surface area contributed by atoms with E-state index < -0.39 is 0 Å². The Morgan fingerprint density at radius 1 is 0.952 bits per heavy atom. The first kappa shape index (κ1) is 19.0. The van der Waals surface area contributed by atoms with Crippen molar-refractivity contribution in [2.45, 2.75) is 47.5 Å². The number of Topliss-reactive ketones (excluding diaryl/α,β-unsaturated/α-hetero) is 2. The molecule has 114 valence electrons. The van der Waals surface area contributed by atoms with Gasteiger partial charge in [0.2, 0.25) is 0 Å². The summed E-state index contributed by atoms with van der Waals surface area (Å²) in [5.41, 5.74) is 1.80. The molecule has 0 heterocycles. The maximum atomic E-state index is 12.3. The molecule has 0 spiro atoms. The predicted molar refractivity (Wildman–Crippen MR) is 90.1 cm³/mol. The topological polar surface area (TPSA) is 34.1 Å². The van der Waals surface area contributed by atoms with E-state index in [0.717, 1.165) is 6.42 Å². The lowest BCUT2D eigenvalue weighted by molar-refractivity contribution is -0.116. The zero-order chi connectivity index (χ0) is 16.4. The van der Waals surface area contributed by atoms with Crippen molar-refractivity contribution in [3.63, 3.8) is 0 Å². The normalized spacial score (nSPS) is 19.3. The second-order valence-corrected chi connectivity index (χ2v) is 4.63. The number of hydrogen-bond acceptors (Lipinski definition) is 2. The van der Waals surface area contributed by atoms with Gasteiger partial charge in [-0.15, -0.1) is 0 Å². The van der Waals surface area contributed by atoms with E-state index in [1.54, 1.807) is 31.2 Å². The smallest absolute Gasteiger partial charge is 0.194 e. The summed E-state index contributed by atoms with van der Waals surface area (Å²) in [5.74, 6) is -0.225. The summed E-state index contributed by atoms with van der Waals surface area (Å²) >= 11 is 0. The third-order valence-electron chi connectivity index (χ3n) is 2.79. The van der Waals surface area contributed by atoms with Crippen molar-refractivity contribution in [2.24, 2.45) is 0 Å². The molecule has 0 fully saturated rings. The summed E-state index contributed by atoms with van der Waals surface area (Å²) < 4.78 is 0. The van der Waals surface area contributed by atoms with E-state index in [2.05, 4.69) is 20.4 Å². The van der Waals surface area contributed by atoms with Crippen LogP contribution in [0.15, 0.2) is 59.3 Å². The molecule has 2 heteroatoms. The van der Waals surface area contributed by atoms with E-state index in [-0.39, 0.29) is 11.6 Å². The Hall–Kier alpha value is -1.96. The van der Waals surface area contributed by atoms with Gasteiger partial charge in [-0.1, -0.05) is 64.2 Å². The number of rotatable bonds is 3. The minimum absolute atomic E-state index is 0.107. The molecule has 0 aromatic heterocycles. The van der Waals surface area contributed by atoms with Crippen molar-refractivity contribution in [2.75, 3.05) is 0 Å². The molecule has 1 aliphatic rings. The maximum absolute atomic E-state index is 12.3. The Bertz CT molecular complexity index is 526. The number of ketones is 2. The molecule has 0 amide bonds. The summed E-state index contributed by atoms with van der Waals surface area (Å²) in [6.45, 7) is 13.4. The molecule has 0 N–H and O–H groups in total. The fraction of sp³-hybridized carbons (Fsp3) is 0.368. The molecule has 0 saturated heterocycles. The van der Waals surface area contributed by atoms with Gasteiger partial charge >= 0.3 is 0 Å². The molecule has 0 aromatic carbocycles. The van der Waals surface area contributed by atoms with Crippen LogP contribution in [0.3, 0.4) is 0 Å². The molecule has 2 nitrogen and oxygen atoms in total. The highest BCUT2D eigenvalue weighted by Crippen LogP contribution is 2.29. The van der Waals surface area contributed by atoms with Crippen molar-refractivity contribution in [1.82, 2.24) is 0 Å². The van der Waals surface area contributed by atoms with E-state index in [9.17, 15) is 9.59 Å². The first-order valence-corrected chi connectivity index (χ1v) is 7.49. The Kier molecular flexibility index (Phi) is 8.95. The monoisotopic (exact) mass is 286 g/mol. The minimum atomic E-state index is -0.118. The Labute approximate surface area is 128 Å². The van der Waals surface area contributed by atoms with E-state index in [0.29, 0.717) is 22.3 Å². The quantitative estimate of drug-likeness (QED) is 0.692. The average molecular weight is 286 g/mol. The van der Waals surface area contributed by atoms with Gasteiger partial charge in [-0.05, 0) is 20.3 Å². The highest BCUT2D eigenvalue weighted by atomic mass is 16.1. The predicted octanol–water partition coefficient (Wildman–Crippen LogP) is 4.90. The fourth-order valence-electron chi connectivity index (χ4n) is 2.01. The van der Waals surface area contributed by atoms with Gasteiger partial charge in [0.25, 0.3) is 0 Å². The fourth-order valence-corrected chi connectivity index (χ4v) is 2.01. The highest BCUT2D eigenvalue weighted by Gasteiger charge is 2.31. The van der Waals surface area contributed by atoms with Gasteiger partial charge in [-0.3, -0.25) is 9.59 Å². The summed E-state index contributed by atoms with van der Waals surface area (Å²) in [6.07, 6.45) is 10.4. The van der Waals surface area contributed by atoms with E-state index in [1.807, 2.05) is 13.8 Å². The summed E-state index contributed by atoms with van der Waals surface area (Å²) in [4.78, 5) is 24.7. The van der Waals surface area contributed by atoms with Crippen molar-refractivity contribution in [3.8, 4) is 0 Å². The van der Waals surface area contributed by atoms with Gasteiger partial charge in [0.1, 0.15) is 0 Å². The summed E-state index contributed by atoms with van der Waals surface area (Å²) in [7, 11) is 0. The van der Waals surface area contributed by atoms with Gasteiger partial charge in [0.15, 0.2) is 11.6 Å². The van der Waals surface area contributed by atoms with Gasteiger partial charge < -0.3 is 0 Å². The minimum Gasteiger partial charge on any atom is -0.289 e. The first-order chi connectivity index (χ1) is 10.0. The molecular formula is C19H26O2. The number of allylic oxidation sites excluding steroid dienone is 9. The van der Waals surface area contributed by atoms with Crippen LogP contribution in [-0.4, -0.2) is 11.6 Å². The standard InChI is InChI=1S/C16H18O2.C3H8/c1-5-9-13-11(7-3)16(18)14(10-6-2)12(8-4)15(13)17;1-3-2/h5,7-10H,3,6H2,1-2,4H3;3H2,1-2H3/b9-5-,12-8+,14-10+;. The van der Waals surface area contributed by atoms with Crippen LogP contribution >= 0.6 is 0 Å². The Morgan fingerprint density at radius 2 is 1.48 bits per heavy atom. The molecule has 1 rings (SSSR count). The molecule has 0 bridgehead atoms. The zero-order valence-corrected chi connectivity index (χ0v) is 13.8. The largest absolute Gasteiger partial charge is 0.289 e. The molecule has 1 aliphatic carbocycles. The second-order valence-electron chi connectivity index (χ2n) is 4.63. The van der Waals surface area contributed by atoms with E-state index in [1.165, 1.54) is 12.5 Å².